The highest BCUT2D eigenvalue weighted by atomic mass is 16.5. The van der Waals surface area contributed by atoms with E-state index < -0.39 is 24.0 Å². The molecule has 4 aromatic carbocycles. The van der Waals surface area contributed by atoms with Crippen LogP contribution in [0.2, 0.25) is 0 Å². The number of benzene rings is 4. The summed E-state index contributed by atoms with van der Waals surface area (Å²) in [7, 11) is 0. The van der Waals surface area contributed by atoms with Gasteiger partial charge < -0.3 is 20.7 Å². The van der Waals surface area contributed by atoms with Crippen molar-refractivity contribution < 1.29 is 19.1 Å². The van der Waals surface area contributed by atoms with Crippen molar-refractivity contribution in [3.8, 4) is 0 Å². The summed E-state index contributed by atoms with van der Waals surface area (Å²) in [6, 6.07) is 37.0. The summed E-state index contributed by atoms with van der Waals surface area (Å²) in [5.41, 5.74) is 9.51. The Morgan fingerprint density at radius 1 is 0.744 bits per heavy atom. The first-order valence-corrected chi connectivity index (χ1v) is 14.7. The lowest BCUT2D eigenvalue weighted by molar-refractivity contribution is -0.143. The maximum Gasteiger partial charge on any atom is 0.407 e. The zero-order valence-corrected chi connectivity index (χ0v) is 24.5. The molecular weight excluding hydrogens is 538 g/mol. The van der Waals surface area contributed by atoms with Crippen LogP contribution in [0.1, 0.15) is 60.4 Å². The van der Waals surface area contributed by atoms with Crippen LogP contribution < -0.4 is 11.1 Å². The third kappa shape index (κ3) is 8.55. The van der Waals surface area contributed by atoms with Crippen LogP contribution in [0, 0.1) is 0 Å². The highest BCUT2D eigenvalue weighted by Gasteiger charge is 2.38. The Balaban J connectivity index is 1.58. The van der Waals surface area contributed by atoms with Crippen molar-refractivity contribution in [1.82, 2.24) is 10.2 Å². The number of rotatable bonds is 14. The fourth-order valence-electron chi connectivity index (χ4n) is 5.39. The quantitative estimate of drug-likeness (QED) is 0.170. The van der Waals surface area contributed by atoms with Crippen LogP contribution in [-0.4, -0.2) is 35.4 Å². The number of primary amides is 1. The lowest BCUT2D eigenvalue weighted by Gasteiger charge is -2.39. The number of nitrogens with one attached hydrogen (secondary N) is 1. The van der Waals surface area contributed by atoms with Gasteiger partial charge in [0.15, 0.2) is 0 Å². The van der Waals surface area contributed by atoms with E-state index in [-0.39, 0.29) is 31.5 Å². The second-order valence-electron chi connectivity index (χ2n) is 10.4. The van der Waals surface area contributed by atoms with Gasteiger partial charge in [-0.15, -0.1) is 0 Å². The summed E-state index contributed by atoms with van der Waals surface area (Å²) in [6.45, 7) is 2.43. The number of alkyl carbamates (subject to hydrolysis) is 1. The standard InChI is InChI=1S/C36H39N3O4/c1-2-31(28-18-9-4-10-19-28)39(35(41)33(29-20-11-5-12-21-29)30-22-13-6-14-23-30)32(34(37)40)24-15-25-38-36(42)43-26-27-16-7-3-8-17-27/h3-14,16-23,31-33H,2,15,24-26H2,1H3,(H2,37,40)(H,38,42)/t31-,32-/m1/s1. The number of nitrogens with two attached hydrogens (primary N) is 1. The van der Waals surface area contributed by atoms with Crippen molar-refractivity contribution in [3.63, 3.8) is 0 Å². The molecule has 4 rings (SSSR count). The van der Waals surface area contributed by atoms with Crippen LogP contribution in [0.25, 0.3) is 0 Å². The van der Waals surface area contributed by atoms with Crippen LogP contribution >= 0.6 is 0 Å². The third-order valence-electron chi connectivity index (χ3n) is 7.47. The molecule has 2 atom stereocenters. The smallest absolute Gasteiger partial charge is 0.407 e. The highest BCUT2D eigenvalue weighted by molar-refractivity contribution is 5.92. The molecule has 4 aromatic rings. The molecule has 0 saturated heterocycles. The van der Waals surface area contributed by atoms with Gasteiger partial charge in [0.25, 0.3) is 0 Å². The molecule has 43 heavy (non-hydrogen) atoms. The van der Waals surface area contributed by atoms with E-state index in [0.29, 0.717) is 12.8 Å². The summed E-state index contributed by atoms with van der Waals surface area (Å²) in [6.07, 6.45) is 0.737. The maximum atomic E-state index is 14.8. The number of hydrogen-bond donors (Lipinski definition) is 2. The molecule has 0 saturated carbocycles. The summed E-state index contributed by atoms with van der Waals surface area (Å²) in [5.74, 6) is -1.42. The van der Waals surface area contributed by atoms with E-state index in [9.17, 15) is 14.4 Å². The van der Waals surface area contributed by atoms with Gasteiger partial charge >= 0.3 is 6.09 Å². The second-order valence-corrected chi connectivity index (χ2v) is 10.4. The number of carbonyl (C=O) groups is 3. The summed E-state index contributed by atoms with van der Waals surface area (Å²) in [5, 5.41) is 2.75. The molecule has 0 aliphatic heterocycles. The molecule has 3 N–H and O–H groups in total. The van der Waals surface area contributed by atoms with E-state index in [4.69, 9.17) is 10.5 Å². The Labute approximate surface area is 253 Å². The van der Waals surface area contributed by atoms with Crippen LogP contribution in [-0.2, 0) is 20.9 Å². The van der Waals surface area contributed by atoms with Gasteiger partial charge in [-0.2, -0.15) is 0 Å². The summed E-state index contributed by atoms with van der Waals surface area (Å²) >= 11 is 0. The van der Waals surface area contributed by atoms with Crippen molar-refractivity contribution in [2.24, 2.45) is 5.73 Å². The van der Waals surface area contributed by atoms with E-state index >= 15 is 0 Å². The third-order valence-corrected chi connectivity index (χ3v) is 7.47. The maximum absolute atomic E-state index is 14.8. The van der Waals surface area contributed by atoms with Gasteiger partial charge in [0.05, 0.1) is 12.0 Å². The molecule has 0 spiro atoms. The van der Waals surface area contributed by atoms with Gasteiger partial charge in [-0.1, -0.05) is 128 Å². The highest BCUT2D eigenvalue weighted by Crippen LogP contribution is 2.35. The number of hydrogen-bond acceptors (Lipinski definition) is 4. The van der Waals surface area contributed by atoms with Gasteiger partial charge in [-0.25, -0.2) is 4.79 Å². The van der Waals surface area contributed by atoms with E-state index in [1.165, 1.54) is 0 Å². The van der Waals surface area contributed by atoms with E-state index in [1.807, 2.05) is 128 Å². The first kappa shape index (κ1) is 31.0. The molecular formula is C36H39N3O4. The van der Waals surface area contributed by atoms with Gasteiger partial charge in [0.1, 0.15) is 12.6 Å². The predicted octanol–water partition coefficient (Wildman–Crippen LogP) is 6.36. The lowest BCUT2D eigenvalue weighted by Crippen LogP contribution is -2.51. The molecule has 0 heterocycles. The van der Waals surface area contributed by atoms with Gasteiger partial charge in [-0.05, 0) is 41.5 Å². The average molecular weight is 578 g/mol. The van der Waals surface area contributed by atoms with Crippen molar-refractivity contribution in [2.75, 3.05) is 6.54 Å². The molecule has 0 aliphatic carbocycles. The van der Waals surface area contributed by atoms with Crippen LogP contribution in [0.3, 0.4) is 0 Å². The van der Waals surface area contributed by atoms with E-state index in [1.54, 1.807) is 4.90 Å². The SMILES string of the molecule is CC[C@H](c1ccccc1)N(C(=O)C(c1ccccc1)c1ccccc1)[C@H](CCCNC(=O)OCc1ccccc1)C(N)=O. The minimum absolute atomic E-state index is 0.161. The van der Waals surface area contributed by atoms with E-state index in [2.05, 4.69) is 5.32 Å². The van der Waals surface area contributed by atoms with E-state index in [0.717, 1.165) is 22.3 Å². The van der Waals surface area contributed by atoms with Crippen molar-refractivity contribution in [1.29, 1.82) is 0 Å². The Kier molecular flexibility index (Phi) is 11.5. The minimum atomic E-state index is -0.894. The molecule has 0 radical (unpaired) electrons. The molecule has 0 fully saturated rings. The summed E-state index contributed by atoms with van der Waals surface area (Å²) < 4.78 is 5.30. The zero-order chi connectivity index (χ0) is 30.4. The van der Waals surface area contributed by atoms with Crippen molar-refractivity contribution >= 4 is 17.9 Å². The number of amides is 3. The van der Waals surface area contributed by atoms with Gasteiger partial charge in [-0.3, -0.25) is 9.59 Å². The normalized spacial score (nSPS) is 12.2. The van der Waals surface area contributed by atoms with Gasteiger partial charge in [0.2, 0.25) is 11.8 Å². The Morgan fingerprint density at radius 3 is 1.72 bits per heavy atom. The predicted molar refractivity (Wildman–Crippen MR) is 168 cm³/mol. The van der Waals surface area contributed by atoms with Crippen molar-refractivity contribution in [2.45, 2.75) is 50.8 Å². The molecule has 0 unspecified atom stereocenters. The molecule has 0 aliphatic rings. The zero-order valence-electron chi connectivity index (χ0n) is 24.5. The monoisotopic (exact) mass is 577 g/mol. The molecule has 0 bridgehead atoms. The molecule has 7 nitrogen and oxygen atoms in total. The van der Waals surface area contributed by atoms with Gasteiger partial charge in [0, 0.05) is 6.54 Å². The first-order chi connectivity index (χ1) is 21.0. The van der Waals surface area contributed by atoms with Crippen LogP contribution in [0.15, 0.2) is 121 Å². The number of carbonyl (C=O) groups excluding carboxylic acids is 3. The first-order valence-electron chi connectivity index (χ1n) is 14.7. The number of ether oxygens (including phenoxy) is 1. The largest absolute Gasteiger partial charge is 0.445 e. The Hall–Kier alpha value is -4.91. The van der Waals surface area contributed by atoms with Crippen molar-refractivity contribution in [3.05, 3.63) is 144 Å². The fourth-order valence-corrected chi connectivity index (χ4v) is 5.39. The molecule has 222 valence electrons. The second kappa shape index (κ2) is 15.9. The molecule has 7 heteroatoms. The van der Waals surface area contributed by atoms with Crippen LogP contribution in [0.5, 0.6) is 0 Å². The lowest BCUT2D eigenvalue weighted by atomic mass is 9.87. The Bertz CT molecular complexity index is 1390. The minimum Gasteiger partial charge on any atom is -0.445 e. The number of nitrogens with zero attached hydrogens (tertiary/aromatic N) is 1. The van der Waals surface area contributed by atoms with Crippen LogP contribution in [0.4, 0.5) is 4.79 Å². The Morgan fingerprint density at radius 2 is 1.23 bits per heavy atom. The molecule has 0 aromatic heterocycles. The average Bonchev–Trinajstić information content (AvgIpc) is 3.05. The molecule has 3 amide bonds. The summed E-state index contributed by atoms with van der Waals surface area (Å²) in [4.78, 5) is 41.8. The fraction of sp³-hybridized carbons (Fsp3) is 0.250. The topological polar surface area (TPSA) is 102 Å².